The maximum absolute atomic E-state index is 10.8. The van der Waals surface area contributed by atoms with Gasteiger partial charge in [-0.2, -0.15) is 0 Å². The number of hydrogen-bond acceptors (Lipinski definition) is 4. The highest BCUT2D eigenvalue weighted by Crippen LogP contribution is 2.24. The van der Waals surface area contributed by atoms with E-state index in [0.29, 0.717) is 24.0 Å². The lowest BCUT2D eigenvalue weighted by Crippen LogP contribution is -2.30. The number of nitrogen functional groups attached to an aromatic ring is 1. The Morgan fingerprint density at radius 2 is 2.17 bits per heavy atom. The van der Waals surface area contributed by atoms with Crippen molar-refractivity contribution in [2.45, 2.75) is 12.8 Å². The van der Waals surface area contributed by atoms with Crippen LogP contribution < -0.4 is 15.8 Å². The van der Waals surface area contributed by atoms with Crippen LogP contribution in [0.3, 0.4) is 0 Å². The van der Waals surface area contributed by atoms with Crippen molar-refractivity contribution in [2.75, 3.05) is 25.4 Å². The number of piperidine rings is 1. The maximum atomic E-state index is 10.8. The number of aromatic carboxylic acids is 1. The zero-order valence-electron chi connectivity index (χ0n) is 10.2. The van der Waals surface area contributed by atoms with E-state index in [0.717, 1.165) is 25.9 Å². The molecule has 0 radical (unpaired) electrons. The van der Waals surface area contributed by atoms with Gasteiger partial charge < -0.3 is 20.9 Å². The third kappa shape index (κ3) is 3.13. The van der Waals surface area contributed by atoms with Gasteiger partial charge in [0.2, 0.25) is 0 Å². The zero-order chi connectivity index (χ0) is 13.0. The minimum Gasteiger partial charge on any atom is -0.491 e. The van der Waals surface area contributed by atoms with Crippen LogP contribution in [0.2, 0.25) is 0 Å². The molecule has 1 fully saturated rings. The summed E-state index contributed by atoms with van der Waals surface area (Å²) < 4.78 is 5.67. The van der Waals surface area contributed by atoms with Crippen LogP contribution >= 0.6 is 0 Å². The van der Waals surface area contributed by atoms with E-state index in [9.17, 15) is 4.79 Å². The third-order valence-corrected chi connectivity index (χ3v) is 3.19. The Morgan fingerprint density at radius 1 is 1.44 bits per heavy atom. The molecule has 1 aliphatic rings. The standard InChI is InChI=1S/C13H18N2O3/c14-11-7-10(13(16)17)1-2-12(11)18-8-9-3-5-15-6-4-9/h1-2,7,9,15H,3-6,8,14H2,(H,16,17). The molecule has 4 N–H and O–H groups in total. The van der Waals surface area contributed by atoms with E-state index in [1.165, 1.54) is 12.1 Å². The topological polar surface area (TPSA) is 84.6 Å². The SMILES string of the molecule is Nc1cc(C(=O)O)ccc1OCC1CCNCC1. The number of carboxylic acids is 1. The van der Waals surface area contributed by atoms with Crippen molar-refractivity contribution in [3.05, 3.63) is 23.8 Å². The van der Waals surface area contributed by atoms with E-state index < -0.39 is 5.97 Å². The lowest BCUT2D eigenvalue weighted by molar-refractivity contribution is 0.0697. The van der Waals surface area contributed by atoms with E-state index in [1.807, 2.05) is 0 Å². The van der Waals surface area contributed by atoms with Crippen LogP contribution in [0.4, 0.5) is 5.69 Å². The van der Waals surface area contributed by atoms with Gasteiger partial charge in [-0.05, 0) is 50.0 Å². The molecule has 0 spiro atoms. The summed E-state index contributed by atoms with van der Waals surface area (Å²) in [5, 5.41) is 12.1. The van der Waals surface area contributed by atoms with Gasteiger partial charge >= 0.3 is 5.97 Å². The van der Waals surface area contributed by atoms with Crippen LogP contribution in [0, 0.1) is 5.92 Å². The second-order valence-corrected chi connectivity index (χ2v) is 4.56. The summed E-state index contributed by atoms with van der Waals surface area (Å²) in [6.45, 7) is 2.70. The van der Waals surface area contributed by atoms with Crippen LogP contribution in [0.25, 0.3) is 0 Å². The predicted octanol–water partition coefficient (Wildman–Crippen LogP) is 1.35. The van der Waals surface area contributed by atoms with Gasteiger partial charge in [-0.1, -0.05) is 0 Å². The summed E-state index contributed by atoms with van der Waals surface area (Å²) in [6.07, 6.45) is 2.21. The van der Waals surface area contributed by atoms with E-state index >= 15 is 0 Å². The number of hydrogen-bond donors (Lipinski definition) is 3. The maximum Gasteiger partial charge on any atom is 0.335 e. The highest BCUT2D eigenvalue weighted by Gasteiger charge is 2.14. The van der Waals surface area contributed by atoms with Crippen molar-refractivity contribution in [3.63, 3.8) is 0 Å². The van der Waals surface area contributed by atoms with Gasteiger partial charge in [-0.3, -0.25) is 0 Å². The van der Waals surface area contributed by atoms with Crippen LogP contribution in [-0.4, -0.2) is 30.8 Å². The smallest absolute Gasteiger partial charge is 0.335 e. The minimum atomic E-state index is -0.980. The van der Waals surface area contributed by atoms with Gasteiger partial charge in [0.05, 0.1) is 17.9 Å². The monoisotopic (exact) mass is 250 g/mol. The largest absolute Gasteiger partial charge is 0.491 e. The summed E-state index contributed by atoms with van der Waals surface area (Å²) in [4.78, 5) is 10.8. The molecule has 1 heterocycles. The van der Waals surface area contributed by atoms with Gasteiger partial charge in [0.15, 0.2) is 0 Å². The minimum absolute atomic E-state index is 0.182. The fraction of sp³-hybridized carbons (Fsp3) is 0.462. The normalized spacial score (nSPS) is 16.4. The zero-order valence-corrected chi connectivity index (χ0v) is 10.2. The Morgan fingerprint density at radius 3 is 2.78 bits per heavy atom. The molecule has 0 saturated carbocycles. The molecule has 5 heteroatoms. The van der Waals surface area contributed by atoms with E-state index in [1.54, 1.807) is 6.07 Å². The molecule has 2 rings (SSSR count). The summed E-state index contributed by atoms with van der Waals surface area (Å²) in [5.74, 6) is 0.134. The number of ether oxygens (including phenoxy) is 1. The van der Waals surface area contributed by atoms with Gasteiger partial charge in [0.1, 0.15) is 5.75 Å². The lowest BCUT2D eigenvalue weighted by atomic mass is 9.99. The molecule has 1 saturated heterocycles. The molecule has 0 amide bonds. The first-order chi connectivity index (χ1) is 8.66. The number of nitrogens with two attached hydrogens (primary N) is 1. The average Bonchev–Trinajstić information content (AvgIpc) is 2.38. The van der Waals surface area contributed by atoms with E-state index in [2.05, 4.69) is 5.32 Å². The van der Waals surface area contributed by atoms with Crippen molar-refractivity contribution < 1.29 is 14.6 Å². The molecule has 0 bridgehead atoms. The summed E-state index contributed by atoms with van der Waals surface area (Å²) >= 11 is 0. The van der Waals surface area contributed by atoms with Crippen molar-refractivity contribution in [1.29, 1.82) is 0 Å². The number of nitrogens with one attached hydrogen (secondary N) is 1. The molecule has 0 aromatic heterocycles. The highest BCUT2D eigenvalue weighted by atomic mass is 16.5. The first-order valence-electron chi connectivity index (χ1n) is 6.13. The predicted molar refractivity (Wildman–Crippen MR) is 68.9 cm³/mol. The Hall–Kier alpha value is -1.75. The lowest BCUT2D eigenvalue weighted by Gasteiger charge is -2.23. The summed E-state index contributed by atoms with van der Waals surface area (Å²) in [7, 11) is 0. The molecular weight excluding hydrogens is 232 g/mol. The molecule has 5 nitrogen and oxygen atoms in total. The van der Waals surface area contributed by atoms with Crippen LogP contribution in [0.1, 0.15) is 23.2 Å². The molecule has 0 atom stereocenters. The molecule has 1 aromatic carbocycles. The van der Waals surface area contributed by atoms with E-state index in [-0.39, 0.29) is 5.56 Å². The molecule has 98 valence electrons. The van der Waals surface area contributed by atoms with Crippen LogP contribution in [0.5, 0.6) is 5.75 Å². The number of anilines is 1. The van der Waals surface area contributed by atoms with Gasteiger partial charge in [0.25, 0.3) is 0 Å². The second-order valence-electron chi connectivity index (χ2n) is 4.56. The van der Waals surface area contributed by atoms with Crippen LogP contribution in [-0.2, 0) is 0 Å². The molecule has 0 aliphatic carbocycles. The molecular formula is C13H18N2O3. The third-order valence-electron chi connectivity index (χ3n) is 3.19. The Labute approximate surface area is 106 Å². The number of carboxylic acid groups (broad SMARTS) is 1. The van der Waals surface area contributed by atoms with Crippen molar-refractivity contribution in [3.8, 4) is 5.75 Å². The first-order valence-corrected chi connectivity index (χ1v) is 6.13. The van der Waals surface area contributed by atoms with Gasteiger partial charge in [-0.15, -0.1) is 0 Å². The number of benzene rings is 1. The number of carbonyl (C=O) groups is 1. The van der Waals surface area contributed by atoms with Gasteiger partial charge in [-0.25, -0.2) is 4.79 Å². The molecule has 1 aromatic rings. The highest BCUT2D eigenvalue weighted by molar-refractivity contribution is 5.89. The van der Waals surface area contributed by atoms with Crippen molar-refractivity contribution in [2.24, 2.45) is 5.92 Å². The Bertz CT molecular complexity index is 428. The van der Waals surface area contributed by atoms with Crippen LogP contribution in [0.15, 0.2) is 18.2 Å². The van der Waals surface area contributed by atoms with Crippen molar-refractivity contribution in [1.82, 2.24) is 5.32 Å². The average molecular weight is 250 g/mol. The fourth-order valence-corrected chi connectivity index (χ4v) is 2.07. The van der Waals surface area contributed by atoms with Crippen molar-refractivity contribution >= 4 is 11.7 Å². The fourth-order valence-electron chi connectivity index (χ4n) is 2.07. The summed E-state index contributed by atoms with van der Waals surface area (Å²) in [5.41, 5.74) is 6.33. The molecule has 1 aliphatic heterocycles. The first kappa shape index (κ1) is 12.7. The molecule has 18 heavy (non-hydrogen) atoms. The second kappa shape index (κ2) is 5.73. The number of rotatable bonds is 4. The Balaban J connectivity index is 1.94. The Kier molecular flexibility index (Phi) is 4.04. The molecule has 0 unspecified atom stereocenters. The van der Waals surface area contributed by atoms with E-state index in [4.69, 9.17) is 15.6 Å². The van der Waals surface area contributed by atoms with Gasteiger partial charge in [0, 0.05) is 0 Å². The summed E-state index contributed by atoms with van der Waals surface area (Å²) in [6, 6.07) is 4.57. The quantitative estimate of drug-likeness (QED) is 0.702.